The van der Waals surface area contributed by atoms with Gasteiger partial charge in [0.2, 0.25) is 0 Å². The largest absolute Gasteiger partial charge is 2.00 e. The molecule has 0 amide bonds. The molecule has 0 spiro atoms. The van der Waals surface area contributed by atoms with Gasteiger partial charge in [0, 0.05) is 28.8 Å². The minimum Gasteiger partial charge on any atom is -0.509 e. The first-order valence-electron chi connectivity index (χ1n) is 18.5. The zero-order valence-corrected chi connectivity index (χ0v) is 33.7. The van der Waals surface area contributed by atoms with Crippen molar-refractivity contribution >= 4 is 27.4 Å². The zero-order chi connectivity index (χ0) is 36.7. The maximum Gasteiger partial charge on any atom is 2.00 e. The van der Waals surface area contributed by atoms with Gasteiger partial charge < -0.3 is 9.30 Å². The van der Waals surface area contributed by atoms with Crippen LogP contribution in [0.1, 0.15) is 79.7 Å². The molecule has 0 fully saturated rings. The SMILES string of the molecule is C=C(C)c1cc(Oc2[c-]c3c(cc2)c2ccccc2n3-c2cc(CCCC)ccn2)[c-]c(-n2nc(C)c(-c3c(C)cc(C)cc3C)c2CC(C)C)c1.[Pd+2]. The van der Waals surface area contributed by atoms with Crippen molar-refractivity contribution in [3.63, 3.8) is 0 Å². The van der Waals surface area contributed by atoms with Gasteiger partial charge >= 0.3 is 20.4 Å². The van der Waals surface area contributed by atoms with Gasteiger partial charge in [-0.1, -0.05) is 80.8 Å². The molecule has 0 bridgehead atoms. The van der Waals surface area contributed by atoms with E-state index in [1.807, 2.05) is 25.3 Å². The third-order valence-corrected chi connectivity index (χ3v) is 9.87. The number of hydrogen-bond acceptors (Lipinski definition) is 3. The number of pyridine rings is 1. The number of nitrogens with zero attached hydrogens (tertiary/aromatic N) is 4. The van der Waals surface area contributed by atoms with Crippen LogP contribution in [0.5, 0.6) is 11.5 Å². The summed E-state index contributed by atoms with van der Waals surface area (Å²) in [5.41, 5.74) is 14.5. The number of ether oxygens (including phenoxy) is 1. The summed E-state index contributed by atoms with van der Waals surface area (Å²) in [5, 5.41) is 7.44. The monoisotopic (exact) mass is 790 g/mol. The molecular formula is C47H48N4OPd. The minimum absolute atomic E-state index is 0. The molecule has 0 N–H and O–H groups in total. The maximum atomic E-state index is 6.67. The fraction of sp³-hybridized carbons (Fsp3) is 0.277. The minimum atomic E-state index is 0. The summed E-state index contributed by atoms with van der Waals surface area (Å²) in [4.78, 5) is 4.83. The number of allylic oxidation sites excluding steroid dienone is 1. The van der Waals surface area contributed by atoms with Crippen LogP contribution in [0.25, 0.3) is 50.0 Å². The van der Waals surface area contributed by atoms with Gasteiger partial charge in [-0.05, 0) is 111 Å². The molecule has 7 aromatic rings. The van der Waals surface area contributed by atoms with E-state index >= 15 is 0 Å². The summed E-state index contributed by atoms with van der Waals surface area (Å²) in [7, 11) is 0. The summed E-state index contributed by atoms with van der Waals surface area (Å²) in [6, 6.07) is 32.8. The van der Waals surface area contributed by atoms with Crippen LogP contribution in [0.15, 0.2) is 85.6 Å². The quantitative estimate of drug-likeness (QED) is 0.0968. The first-order chi connectivity index (χ1) is 25.0. The van der Waals surface area contributed by atoms with Gasteiger partial charge in [-0.15, -0.1) is 41.3 Å². The van der Waals surface area contributed by atoms with Crippen LogP contribution in [0.3, 0.4) is 0 Å². The Balaban J connectivity index is 0.00000481. The number of fused-ring (bicyclic) bond motifs is 3. The Morgan fingerprint density at radius 1 is 0.868 bits per heavy atom. The van der Waals surface area contributed by atoms with Crippen LogP contribution in [-0.2, 0) is 33.3 Å². The molecule has 7 rings (SSSR count). The summed E-state index contributed by atoms with van der Waals surface area (Å²) in [6.45, 7) is 21.8. The molecule has 5 nitrogen and oxygen atoms in total. The zero-order valence-electron chi connectivity index (χ0n) is 32.1. The van der Waals surface area contributed by atoms with Gasteiger partial charge in [0.1, 0.15) is 5.82 Å². The number of unbranched alkanes of at least 4 members (excludes halogenated alkanes) is 1. The molecule has 0 aliphatic carbocycles. The molecule has 272 valence electrons. The molecule has 0 atom stereocenters. The summed E-state index contributed by atoms with van der Waals surface area (Å²) in [5.74, 6) is 2.49. The second kappa shape index (κ2) is 15.7. The normalized spacial score (nSPS) is 11.4. The van der Waals surface area contributed by atoms with Crippen LogP contribution in [0.4, 0.5) is 0 Å². The first-order valence-corrected chi connectivity index (χ1v) is 18.5. The fourth-order valence-corrected chi connectivity index (χ4v) is 7.60. The number of para-hydroxylation sites is 1. The Labute approximate surface area is 328 Å². The van der Waals surface area contributed by atoms with E-state index in [0.717, 1.165) is 75.8 Å². The molecule has 4 aromatic carbocycles. The average Bonchev–Trinajstić information content (AvgIpc) is 3.60. The predicted molar refractivity (Wildman–Crippen MR) is 216 cm³/mol. The van der Waals surface area contributed by atoms with Crippen molar-refractivity contribution in [3.05, 3.63) is 137 Å². The van der Waals surface area contributed by atoms with E-state index < -0.39 is 0 Å². The second-order valence-corrected chi connectivity index (χ2v) is 14.8. The fourth-order valence-electron chi connectivity index (χ4n) is 7.60. The molecule has 53 heavy (non-hydrogen) atoms. The van der Waals surface area contributed by atoms with Crippen LogP contribution < -0.4 is 4.74 Å². The Morgan fingerprint density at radius 3 is 2.34 bits per heavy atom. The van der Waals surface area contributed by atoms with Gasteiger partial charge in [-0.25, -0.2) is 4.98 Å². The van der Waals surface area contributed by atoms with E-state index in [-0.39, 0.29) is 20.4 Å². The third kappa shape index (κ3) is 7.54. The van der Waals surface area contributed by atoms with E-state index in [4.69, 9.17) is 14.8 Å². The van der Waals surface area contributed by atoms with Crippen LogP contribution in [0.2, 0.25) is 0 Å². The van der Waals surface area contributed by atoms with Crippen molar-refractivity contribution in [2.45, 2.75) is 81.1 Å². The second-order valence-electron chi connectivity index (χ2n) is 14.8. The van der Waals surface area contributed by atoms with Crippen molar-refractivity contribution in [2.24, 2.45) is 5.92 Å². The van der Waals surface area contributed by atoms with E-state index in [0.29, 0.717) is 17.4 Å². The van der Waals surface area contributed by atoms with Crippen LogP contribution >= 0.6 is 0 Å². The summed E-state index contributed by atoms with van der Waals surface area (Å²) in [6.07, 6.45) is 6.11. The van der Waals surface area contributed by atoms with Crippen molar-refractivity contribution < 1.29 is 25.2 Å². The summed E-state index contributed by atoms with van der Waals surface area (Å²) < 4.78 is 10.9. The van der Waals surface area contributed by atoms with Gasteiger partial charge in [-0.3, -0.25) is 4.68 Å². The smallest absolute Gasteiger partial charge is 0.509 e. The van der Waals surface area contributed by atoms with Crippen molar-refractivity contribution in [1.29, 1.82) is 0 Å². The standard InChI is InChI=1S/C47H48N4O.Pd/c1-10-11-14-35-19-20-48-45(24-35)50-42-16-13-12-15-40(42)41-18-17-38(28-43(41)50)52-39-26-36(30(4)5)25-37(27-39)51-44(21-29(2)3)47(34(9)49-51)46-32(7)22-31(6)23-33(46)8;/h12-13,15-20,22-26,29H,4,10-11,14,21H2,1-3,5-9H3;/q-2;+2. The van der Waals surface area contributed by atoms with Crippen molar-refractivity contribution in [1.82, 2.24) is 19.3 Å². The Kier molecular flexibility index (Phi) is 11.2. The average molecular weight is 791 g/mol. The molecule has 6 heteroatoms. The molecular weight excluding hydrogens is 743 g/mol. The predicted octanol–water partition coefficient (Wildman–Crippen LogP) is 12.2. The number of aromatic nitrogens is 4. The van der Waals surface area contributed by atoms with Gasteiger partial charge in [0.05, 0.1) is 11.4 Å². The van der Waals surface area contributed by atoms with E-state index in [2.05, 4.69) is 137 Å². The third-order valence-electron chi connectivity index (χ3n) is 9.87. The molecule has 0 saturated carbocycles. The van der Waals surface area contributed by atoms with Crippen molar-refractivity contribution in [2.75, 3.05) is 0 Å². The number of hydrogen-bond donors (Lipinski definition) is 0. The molecule has 3 aromatic heterocycles. The van der Waals surface area contributed by atoms with Gasteiger partial charge in [-0.2, -0.15) is 11.2 Å². The number of benzene rings is 4. The molecule has 0 aliphatic rings. The van der Waals surface area contributed by atoms with E-state index in [1.54, 1.807) is 0 Å². The van der Waals surface area contributed by atoms with Gasteiger partial charge in [0.15, 0.2) is 0 Å². The van der Waals surface area contributed by atoms with Crippen molar-refractivity contribution in [3.8, 4) is 34.1 Å². The van der Waals surface area contributed by atoms with Crippen LogP contribution in [0, 0.1) is 45.7 Å². The van der Waals surface area contributed by atoms with Gasteiger partial charge in [0.25, 0.3) is 0 Å². The van der Waals surface area contributed by atoms with E-state index in [9.17, 15) is 0 Å². The first kappa shape index (κ1) is 38.0. The molecule has 0 radical (unpaired) electrons. The number of aryl methyl sites for hydroxylation is 5. The molecule has 0 aliphatic heterocycles. The maximum absolute atomic E-state index is 6.67. The Bertz CT molecular complexity index is 2440. The summed E-state index contributed by atoms with van der Waals surface area (Å²) >= 11 is 0. The number of rotatable bonds is 11. The van der Waals surface area contributed by atoms with Crippen LogP contribution in [-0.4, -0.2) is 19.3 Å². The molecule has 0 saturated heterocycles. The topological polar surface area (TPSA) is 44.9 Å². The Morgan fingerprint density at radius 2 is 1.62 bits per heavy atom. The molecule has 3 heterocycles. The Hall–Kier alpha value is -4.76. The molecule has 0 unspecified atom stereocenters. The van der Waals surface area contributed by atoms with E-state index in [1.165, 1.54) is 39.1 Å².